The fraction of sp³-hybridized carbons (Fsp3) is 0.357. The van der Waals surface area contributed by atoms with Crippen LogP contribution in [0.1, 0.15) is 18.4 Å². The summed E-state index contributed by atoms with van der Waals surface area (Å²) in [5.74, 6) is -1.42. The third kappa shape index (κ3) is 2.91. The second-order valence-electron chi connectivity index (χ2n) is 4.58. The van der Waals surface area contributed by atoms with Gasteiger partial charge in [-0.3, -0.25) is 9.59 Å². The van der Waals surface area contributed by atoms with Gasteiger partial charge in [0.15, 0.2) is 0 Å². The Morgan fingerprint density at radius 1 is 1.42 bits per heavy atom. The highest BCUT2D eigenvalue weighted by Crippen LogP contribution is 2.24. The predicted octanol–water partition coefficient (Wildman–Crippen LogP) is 1.58. The number of nitrogens with zero attached hydrogens (tertiary/aromatic N) is 2. The number of nitriles is 1. The minimum atomic E-state index is -0.862. The van der Waals surface area contributed by atoms with E-state index in [4.69, 9.17) is 10.4 Å². The first-order valence-electron chi connectivity index (χ1n) is 6.11. The summed E-state index contributed by atoms with van der Waals surface area (Å²) in [6.45, 7) is 0.214. The van der Waals surface area contributed by atoms with Crippen LogP contribution in [0.4, 0.5) is 5.69 Å². The normalized spacial score (nSPS) is 19.0. The van der Waals surface area contributed by atoms with E-state index >= 15 is 0 Å². The summed E-state index contributed by atoms with van der Waals surface area (Å²) in [4.78, 5) is 24.4. The Morgan fingerprint density at radius 2 is 2.11 bits per heavy atom. The van der Waals surface area contributed by atoms with Gasteiger partial charge in [-0.1, -0.05) is 12.1 Å². The average molecular weight is 258 g/mol. The van der Waals surface area contributed by atoms with Crippen LogP contribution in [0.3, 0.4) is 0 Å². The lowest BCUT2D eigenvalue weighted by atomic mass is 9.97. The van der Waals surface area contributed by atoms with E-state index in [0.29, 0.717) is 18.5 Å². The first-order chi connectivity index (χ1) is 9.11. The maximum absolute atomic E-state index is 11.9. The fourth-order valence-electron chi connectivity index (χ4n) is 2.18. The quantitative estimate of drug-likeness (QED) is 0.892. The molecule has 1 N–H and O–H groups in total. The van der Waals surface area contributed by atoms with Crippen molar-refractivity contribution < 1.29 is 14.7 Å². The predicted molar refractivity (Wildman–Crippen MR) is 68.5 cm³/mol. The second-order valence-corrected chi connectivity index (χ2v) is 4.58. The number of carboxylic acid groups (broad SMARTS) is 1. The minimum absolute atomic E-state index is 0.0504. The molecule has 1 fully saturated rings. The molecule has 0 aromatic heterocycles. The zero-order valence-corrected chi connectivity index (χ0v) is 10.4. The molecule has 1 aliphatic heterocycles. The Labute approximate surface area is 111 Å². The number of carbonyl (C=O) groups is 2. The van der Waals surface area contributed by atoms with Crippen LogP contribution in [0.15, 0.2) is 24.3 Å². The van der Waals surface area contributed by atoms with Gasteiger partial charge in [0.05, 0.1) is 18.4 Å². The molecule has 1 amide bonds. The standard InChI is InChI=1S/C14H14N2O3/c15-8-7-10-1-4-12(5-2-10)16-9-11(14(18)19)3-6-13(16)17/h1-2,4-5,11H,3,6-7,9H2,(H,18,19). The van der Waals surface area contributed by atoms with Gasteiger partial charge in [0.25, 0.3) is 0 Å². The molecular formula is C14H14N2O3. The van der Waals surface area contributed by atoms with E-state index < -0.39 is 11.9 Å². The fourth-order valence-corrected chi connectivity index (χ4v) is 2.18. The molecule has 1 saturated heterocycles. The Kier molecular flexibility index (Phi) is 3.81. The summed E-state index contributed by atoms with van der Waals surface area (Å²) in [5, 5.41) is 17.6. The molecule has 5 heteroatoms. The summed E-state index contributed by atoms with van der Waals surface area (Å²) in [6.07, 6.45) is 0.986. The molecule has 1 aromatic rings. The van der Waals surface area contributed by atoms with Crippen LogP contribution >= 0.6 is 0 Å². The van der Waals surface area contributed by atoms with Gasteiger partial charge >= 0.3 is 5.97 Å². The molecule has 0 bridgehead atoms. The van der Waals surface area contributed by atoms with E-state index in [2.05, 4.69) is 6.07 Å². The number of amides is 1. The Hall–Kier alpha value is -2.35. The van der Waals surface area contributed by atoms with Crippen molar-refractivity contribution in [1.29, 1.82) is 5.26 Å². The number of piperidine rings is 1. The number of hydrogen-bond donors (Lipinski definition) is 1. The van der Waals surface area contributed by atoms with Crippen LogP contribution in [-0.4, -0.2) is 23.5 Å². The Bertz CT molecular complexity index is 531. The van der Waals surface area contributed by atoms with Gasteiger partial charge < -0.3 is 10.0 Å². The lowest BCUT2D eigenvalue weighted by Gasteiger charge is -2.30. The highest BCUT2D eigenvalue weighted by molar-refractivity contribution is 5.95. The zero-order valence-electron chi connectivity index (χ0n) is 10.4. The van der Waals surface area contributed by atoms with Crippen molar-refractivity contribution in [3.8, 4) is 6.07 Å². The number of carbonyl (C=O) groups excluding carboxylic acids is 1. The van der Waals surface area contributed by atoms with E-state index in [9.17, 15) is 9.59 Å². The molecule has 0 radical (unpaired) electrons. The monoisotopic (exact) mass is 258 g/mol. The highest BCUT2D eigenvalue weighted by Gasteiger charge is 2.30. The molecule has 1 atom stereocenters. The van der Waals surface area contributed by atoms with Crippen LogP contribution in [-0.2, 0) is 16.0 Å². The van der Waals surface area contributed by atoms with Gasteiger partial charge in [0.2, 0.25) is 5.91 Å². The molecule has 1 aromatic carbocycles. The molecule has 1 aliphatic rings. The topological polar surface area (TPSA) is 81.4 Å². The number of benzene rings is 1. The first kappa shape index (κ1) is 13.1. The number of carboxylic acids is 1. The molecule has 0 saturated carbocycles. The number of rotatable bonds is 3. The third-order valence-electron chi connectivity index (χ3n) is 3.29. The second kappa shape index (κ2) is 5.53. The van der Waals surface area contributed by atoms with Crippen LogP contribution in [0.25, 0.3) is 0 Å². The molecule has 0 spiro atoms. The lowest BCUT2D eigenvalue weighted by molar-refractivity contribution is -0.142. The summed E-state index contributed by atoms with van der Waals surface area (Å²) in [6, 6.07) is 9.15. The molecule has 0 aliphatic carbocycles. The van der Waals surface area contributed by atoms with Gasteiger partial charge in [0.1, 0.15) is 0 Å². The van der Waals surface area contributed by atoms with E-state index in [0.717, 1.165) is 5.56 Å². The maximum Gasteiger partial charge on any atom is 0.308 e. The van der Waals surface area contributed by atoms with Crippen molar-refractivity contribution >= 4 is 17.6 Å². The largest absolute Gasteiger partial charge is 0.481 e. The van der Waals surface area contributed by atoms with Crippen LogP contribution < -0.4 is 4.90 Å². The number of hydrogen-bond acceptors (Lipinski definition) is 3. The smallest absolute Gasteiger partial charge is 0.308 e. The summed E-state index contributed by atoms with van der Waals surface area (Å²) >= 11 is 0. The molecule has 5 nitrogen and oxygen atoms in total. The van der Waals surface area contributed by atoms with Gasteiger partial charge in [-0.05, 0) is 24.1 Å². The average Bonchev–Trinajstić information content (AvgIpc) is 2.40. The van der Waals surface area contributed by atoms with E-state index in [1.54, 1.807) is 24.3 Å². The Morgan fingerprint density at radius 3 is 2.68 bits per heavy atom. The number of aliphatic carboxylic acids is 1. The van der Waals surface area contributed by atoms with Crippen molar-refractivity contribution in [2.24, 2.45) is 5.92 Å². The van der Waals surface area contributed by atoms with Crippen molar-refractivity contribution in [2.45, 2.75) is 19.3 Å². The molecule has 2 rings (SSSR count). The lowest BCUT2D eigenvalue weighted by Crippen LogP contribution is -2.42. The van der Waals surface area contributed by atoms with Crippen molar-refractivity contribution in [3.05, 3.63) is 29.8 Å². The molecule has 19 heavy (non-hydrogen) atoms. The first-order valence-corrected chi connectivity index (χ1v) is 6.11. The van der Waals surface area contributed by atoms with Gasteiger partial charge in [0, 0.05) is 18.7 Å². The zero-order chi connectivity index (χ0) is 13.8. The molecule has 98 valence electrons. The Balaban J connectivity index is 2.17. The number of anilines is 1. The molecular weight excluding hydrogens is 244 g/mol. The maximum atomic E-state index is 11.9. The van der Waals surface area contributed by atoms with Crippen LogP contribution in [0, 0.1) is 17.2 Å². The summed E-state index contributed by atoms with van der Waals surface area (Å²) < 4.78 is 0. The minimum Gasteiger partial charge on any atom is -0.481 e. The summed E-state index contributed by atoms with van der Waals surface area (Å²) in [5.41, 5.74) is 1.57. The summed E-state index contributed by atoms with van der Waals surface area (Å²) in [7, 11) is 0. The van der Waals surface area contributed by atoms with E-state index in [1.807, 2.05) is 0 Å². The van der Waals surface area contributed by atoms with Crippen molar-refractivity contribution in [2.75, 3.05) is 11.4 Å². The molecule has 1 unspecified atom stereocenters. The van der Waals surface area contributed by atoms with E-state index in [1.165, 1.54) is 4.90 Å². The third-order valence-corrected chi connectivity index (χ3v) is 3.29. The highest BCUT2D eigenvalue weighted by atomic mass is 16.4. The van der Waals surface area contributed by atoms with Gasteiger partial charge in [-0.15, -0.1) is 0 Å². The van der Waals surface area contributed by atoms with Crippen LogP contribution in [0.2, 0.25) is 0 Å². The molecule has 1 heterocycles. The SMILES string of the molecule is N#CCc1ccc(N2CC(C(=O)O)CCC2=O)cc1. The van der Waals surface area contributed by atoms with Crippen LogP contribution in [0.5, 0.6) is 0 Å². The van der Waals surface area contributed by atoms with Gasteiger partial charge in [-0.25, -0.2) is 0 Å². The van der Waals surface area contributed by atoms with Crippen molar-refractivity contribution in [1.82, 2.24) is 0 Å². The van der Waals surface area contributed by atoms with E-state index in [-0.39, 0.29) is 18.9 Å². The van der Waals surface area contributed by atoms with Gasteiger partial charge in [-0.2, -0.15) is 5.26 Å². The van der Waals surface area contributed by atoms with Crippen molar-refractivity contribution in [3.63, 3.8) is 0 Å².